The van der Waals surface area contributed by atoms with E-state index >= 15 is 0 Å². The molecule has 2 aromatic carbocycles. The fraction of sp³-hybridized carbons (Fsp3) is 0.188. The third kappa shape index (κ3) is 2.16. The fourth-order valence-corrected chi connectivity index (χ4v) is 2.65. The monoisotopic (exact) mass is 281 g/mol. The average molecular weight is 281 g/mol. The van der Waals surface area contributed by atoms with Crippen molar-refractivity contribution in [3.63, 3.8) is 0 Å². The highest BCUT2D eigenvalue weighted by Crippen LogP contribution is 2.34. The Labute approximate surface area is 121 Å². The van der Waals surface area contributed by atoms with Crippen LogP contribution in [0, 0.1) is 0 Å². The van der Waals surface area contributed by atoms with Crippen LogP contribution in [-0.4, -0.2) is 11.6 Å². The Morgan fingerprint density at radius 2 is 2.10 bits per heavy atom. The minimum Gasteiger partial charge on any atom is -0.493 e. The van der Waals surface area contributed by atoms with Gasteiger partial charge < -0.3 is 20.2 Å². The Kier molecular flexibility index (Phi) is 2.70. The molecule has 0 amide bonds. The lowest BCUT2D eigenvalue weighted by atomic mass is 10.0. The Morgan fingerprint density at radius 3 is 3.05 bits per heavy atom. The lowest BCUT2D eigenvalue weighted by Gasteiger charge is -2.25. The van der Waals surface area contributed by atoms with E-state index in [0.29, 0.717) is 18.3 Å². The first kappa shape index (κ1) is 12.1. The highest BCUT2D eigenvalue weighted by molar-refractivity contribution is 5.78. The van der Waals surface area contributed by atoms with Crippen LogP contribution in [0.25, 0.3) is 11.1 Å². The molecule has 5 nitrogen and oxygen atoms in total. The molecule has 5 heteroatoms. The van der Waals surface area contributed by atoms with Crippen LogP contribution in [0.1, 0.15) is 18.0 Å². The number of benzene rings is 2. The molecule has 106 valence electrons. The minimum atomic E-state index is 0.139. The van der Waals surface area contributed by atoms with Gasteiger partial charge in [-0.2, -0.15) is 4.98 Å². The Bertz CT molecular complexity index is 797. The first-order valence-corrected chi connectivity index (χ1v) is 6.94. The van der Waals surface area contributed by atoms with E-state index in [-0.39, 0.29) is 6.04 Å². The lowest BCUT2D eigenvalue weighted by molar-refractivity contribution is 0.273. The van der Waals surface area contributed by atoms with Gasteiger partial charge in [0.1, 0.15) is 11.3 Å². The van der Waals surface area contributed by atoms with Crippen molar-refractivity contribution in [1.29, 1.82) is 0 Å². The number of nitrogens with two attached hydrogens (primary N) is 1. The molecule has 2 heterocycles. The van der Waals surface area contributed by atoms with Crippen molar-refractivity contribution in [3.8, 4) is 5.75 Å². The molecule has 1 aliphatic rings. The fourth-order valence-electron chi connectivity index (χ4n) is 2.65. The predicted octanol–water partition coefficient (Wildman–Crippen LogP) is 3.35. The number of nitrogens with one attached hydrogen (secondary N) is 1. The second-order valence-electron chi connectivity index (χ2n) is 5.12. The summed E-state index contributed by atoms with van der Waals surface area (Å²) in [7, 11) is 0. The van der Waals surface area contributed by atoms with Crippen LogP contribution in [0.4, 0.5) is 11.7 Å². The van der Waals surface area contributed by atoms with Crippen molar-refractivity contribution in [1.82, 2.24) is 4.98 Å². The largest absolute Gasteiger partial charge is 0.493 e. The van der Waals surface area contributed by atoms with E-state index < -0.39 is 0 Å². The minimum absolute atomic E-state index is 0.139. The average Bonchev–Trinajstić information content (AvgIpc) is 2.89. The molecule has 1 unspecified atom stereocenters. The van der Waals surface area contributed by atoms with Gasteiger partial charge in [0.2, 0.25) is 0 Å². The second-order valence-corrected chi connectivity index (χ2v) is 5.12. The molecule has 1 atom stereocenters. The number of fused-ring (bicyclic) bond motifs is 2. The maximum Gasteiger partial charge on any atom is 0.296 e. The summed E-state index contributed by atoms with van der Waals surface area (Å²) in [4.78, 5) is 4.44. The van der Waals surface area contributed by atoms with Crippen LogP contribution in [-0.2, 0) is 0 Å². The molecule has 21 heavy (non-hydrogen) atoms. The van der Waals surface area contributed by atoms with Crippen molar-refractivity contribution in [2.75, 3.05) is 17.7 Å². The summed E-state index contributed by atoms with van der Waals surface area (Å²) in [6, 6.07) is 14.1. The number of nitrogen functional groups attached to an aromatic ring is 1. The van der Waals surface area contributed by atoms with E-state index in [9.17, 15) is 0 Å². The van der Waals surface area contributed by atoms with Crippen LogP contribution >= 0.6 is 0 Å². The molecule has 3 N–H and O–H groups in total. The molecule has 1 aromatic heterocycles. The molecule has 0 spiro atoms. The van der Waals surface area contributed by atoms with Gasteiger partial charge >= 0.3 is 0 Å². The number of anilines is 2. The zero-order valence-corrected chi connectivity index (χ0v) is 11.4. The molecule has 4 rings (SSSR count). The van der Waals surface area contributed by atoms with Crippen LogP contribution < -0.4 is 15.8 Å². The molecule has 0 radical (unpaired) electrons. The first-order valence-electron chi connectivity index (χ1n) is 6.94. The second kappa shape index (κ2) is 4.70. The van der Waals surface area contributed by atoms with Crippen molar-refractivity contribution in [3.05, 3.63) is 48.0 Å². The highest BCUT2D eigenvalue weighted by Gasteiger charge is 2.22. The van der Waals surface area contributed by atoms with Crippen LogP contribution in [0.5, 0.6) is 5.75 Å². The molecule has 3 aromatic rings. The van der Waals surface area contributed by atoms with Gasteiger partial charge in [0, 0.05) is 17.7 Å². The highest BCUT2D eigenvalue weighted by atomic mass is 16.5. The van der Waals surface area contributed by atoms with Gasteiger partial charge in [0.05, 0.1) is 12.6 Å². The summed E-state index contributed by atoms with van der Waals surface area (Å²) in [5, 5.41) is 3.35. The maximum atomic E-state index is 5.76. The summed E-state index contributed by atoms with van der Waals surface area (Å²) in [6.45, 7) is 0.682. The number of hydrogen-bond donors (Lipinski definition) is 2. The Balaban J connectivity index is 1.66. The summed E-state index contributed by atoms with van der Waals surface area (Å²) in [5.74, 6) is 0.918. The van der Waals surface area contributed by atoms with E-state index in [0.717, 1.165) is 28.8 Å². The summed E-state index contributed by atoms with van der Waals surface area (Å²) < 4.78 is 11.4. The summed E-state index contributed by atoms with van der Waals surface area (Å²) >= 11 is 0. The Hall–Kier alpha value is -2.69. The number of aromatic nitrogens is 1. The number of oxazole rings is 1. The van der Waals surface area contributed by atoms with Gasteiger partial charge in [-0.25, -0.2) is 0 Å². The number of ether oxygens (including phenoxy) is 1. The molecule has 0 saturated heterocycles. The number of para-hydroxylation sites is 1. The summed E-state index contributed by atoms with van der Waals surface area (Å²) in [6.07, 6.45) is 0.873. The van der Waals surface area contributed by atoms with Crippen molar-refractivity contribution in [2.45, 2.75) is 12.5 Å². The predicted molar refractivity (Wildman–Crippen MR) is 81.3 cm³/mol. The van der Waals surface area contributed by atoms with Crippen molar-refractivity contribution in [2.24, 2.45) is 0 Å². The number of rotatable bonds is 2. The lowest BCUT2D eigenvalue weighted by Crippen LogP contribution is -2.20. The molecule has 1 aliphatic heterocycles. The van der Waals surface area contributed by atoms with Gasteiger partial charge in [-0.1, -0.05) is 18.2 Å². The molecule has 0 saturated carbocycles. The quantitative estimate of drug-likeness (QED) is 0.705. The normalized spacial score (nSPS) is 17.2. The third-order valence-corrected chi connectivity index (χ3v) is 3.67. The third-order valence-electron chi connectivity index (χ3n) is 3.67. The molecule has 0 fully saturated rings. The molecular weight excluding hydrogens is 266 g/mol. The van der Waals surface area contributed by atoms with E-state index in [4.69, 9.17) is 14.9 Å². The van der Waals surface area contributed by atoms with Gasteiger partial charge in [0.25, 0.3) is 6.01 Å². The van der Waals surface area contributed by atoms with E-state index in [1.807, 2.05) is 30.3 Å². The van der Waals surface area contributed by atoms with Gasteiger partial charge in [-0.05, 0) is 24.3 Å². The zero-order chi connectivity index (χ0) is 14.2. The standard InChI is InChI=1S/C16H15N3O2/c17-10-5-6-15-13(9-10)19-16(21-15)18-12-7-8-20-14-4-2-1-3-11(12)14/h1-6,9,12H,7-8,17H2,(H,18,19). The SMILES string of the molecule is Nc1ccc2oc(NC3CCOc4ccccc43)nc2c1. The van der Waals surface area contributed by atoms with Crippen LogP contribution in [0.3, 0.4) is 0 Å². The van der Waals surface area contributed by atoms with Gasteiger partial charge in [-0.3, -0.25) is 0 Å². The van der Waals surface area contributed by atoms with Gasteiger partial charge in [0.15, 0.2) is 5.58 Å². The molecular formula is C16H15N3O2. The number of nitrogens with zero attached hydrogens (tertiary/aromatic N) is 1. The van der Waals surface area contributed by atoms with Gasteiger partial charge in [-0.15, -0.1) is 0 Å². The van der Waals surface area contributed by atoms with E-state index in [1.165, 1.54) is 0 Å². The number of hydrogen-bond acceptors (Lipinski definition) is 5. The Morgan fingerprint density at radius 1 is 1.19 bits per heavy atom. The van der Waals surface area contributed by atoms with E-state index in [1.54, 1.807) is 6.07 Å². The van der Waals surface area contributed by atoms with Crippen molar-refractivity contribution < 1.29 is 9.15 Å². The molecule has 0 bridgehead atoms. The summed E-state index contributed by atoms with van der Waals surface area (Å²) in [5.41, 5.74) is 9.06. The molecule has 0 aliphatic carbocycles. The van der Waals surface area contributed by atoms with E-state index in [2.05, 4.69) is 16.4 Å². The maximum absolute atomic E-state index is 5.76. The smallest absolute Gasteiger partial charge is 0.296 e. The van der Waals surface area contributed by atoms with Crippen molar-refractivity contribution >= 4 is 22.8 Å². The zero-order valence-electron chi connectivity index (χ0n) is 11.4. The van der Waals surface area contributed by atoms with Crippen LogP contribution in [0.2, 0.25) is 0 Å². The first-order chi connectivity index (χ1) is 10.3. The van der Waals surface area contributed by atoms with Crippen LogP contribution in [0.15, 0.2) is 46.9 Å². The topological polar surface area (TPSA) is 73.3 Å².